The third-order valence-electron chi connectivity index (χ3n) is 4.38. The van der Waals surface area contributed by atoms with Crippen LogP contribution < -0.4 is 5.73 Å². The first-order valence-electron chi connectivity index (χ1n) is 6.77. The number of carbonyl (C=O) groups is 2. The van der Waals surface area contributed by atoms with Crippen LogP contribution in [0.3, 0.4) is 0 Å². The lowest BCUT2D eigenvalue weighted by molar-refractivity contribution is -0.147. The van der Waals surface area contributed by atoms with Gasteiger partial charge in [0, 0.05) is 32.1 Å². The molecule has 0 aromatic heterocycles. The molecule has 18 heavy (non-hydrogen) atoms. The maximum atomic E-state index is 12.4. The fraction of sp³-hybridized carbons (Fsp3) is 0.846. The lowest BCUT2D eigenvalue weighted by Gasteiger charge is -2.37. The molecule has 1 aliphatic carbocycles. The molecule has 2 fully saturated rings. The minimum Gasteiger partial charge on any atom is -0.342 e. The van der Waals surface area contributed by atoms with Gasteiger partial charge in [-0.05, 0) is 25.2 Å². The maximum absolute atomic E-state index is 12.4. The van der Waals surface area contributed by atoms with Crippen LogP contribution in [-0.4, -0.2) is 54.3 Å². The summed E-state index contributed by atoms with van der Waals surface area (Å²) in [6.45, 7) is 3.67. The number of carbonyl (C=O) groups excluding carboxylic acids is 2. The monoisotopic (exact) mass is 253 g/mol. The molecule has 1 saturated carbocycles. The van der Waals surface area contributed by atoms with E-state index in [-0.39, 0.29) is 30.3 Å². The zero-order valence-electron chi connectivity index (χ0n) is 11.3. The molecule has 102 valence electrons. The van der Waals surface area contributed by atoms with E-state index in [4.69, 9.17) is 5.73 Å². The fourth-order valence-electron chi connectivity index (χ4n) is 2.79. The van der Waals surface area contributed by atoms with E-state index in [9.17, 15) is 9.59 Å². The highest BCUT2D eigenvalue weighted by Crippen LogP contribution is 2.29. The Morgan fingerprint density at radius 1 is 1.33 bits per heavy atom. The molecule has 2 rings (SSSR count). The summed E-state index contributed by atoms with van der Waals surface area (Å²) in [5.74, 6) is 0.678. The summed E-state index contributed by atoms with van der Waals surface area (Å²) in [4.78, 5) is 27.4. The second kappa shape index (κ2) is 5.26. The third kappa shape index (κ3) is 2.66. The lowest BCUT2D eigenvalue weighted by atomic mass is 9.79. The molecule has 0 bridgehead atoms. The van der Waals surface area contributed by atoms with Gasteiger partial charge in [-0.15, -0.1) is 0 Å². The average molecular weight is 253 g/mol. The van der Waals surface area contributed by atoms with E-state index in [0.29, 0.717) is 19.0 Å². The van der Waals surface area contributed by atoms with Crippen molar-refractivity contribution in [3.63, 3.8) is 0 Å². The molecule has 2 aliphatic rings. The molecule has 0 spiro atoms. The Bertz CT molecular complexity index is 345. The van der Waals surface area contributed by atoms with Crippen LogP contribution in [0.15, 0.2) is 0 Å². The van der Waals surface area contributed by atoms with E-state index in [1.54, 1.807) is 16.8 Å². The molecule has 0 radical (unpaired) electrons. The predicted octanol–water partition coefficient (Wildman–Crippen LogP) is 0.0505. The molecule has 0 aromatic carbocycles. The smallest absolute Gasteiger partial charge is 0.241 e. The Morgan fingerprint density at radius 2 is 2.06 bits per heavy atom. The number of rotatable bonds is 1. The van der Waals surface area contributed by atoms with Crippen molar-refractivity contribution in [3.8, 4) is 0 Å². The van der Waals surface area contributed by atoms with Crippen LogP contribution in [0, 0.1) is 11.8 Å². The van der Waals surface area contributed by atoms with Crippen LogP contribution in [0.5, 0.6) is 0 Å². The molecular formula is C13H23N3O2. The number of nitrogens with two attached hydrogens (primary N) is 1. The summed E-state index contributed by atoms with van der Waals surface area (Å²) in [6.07, 6.45) is 2.69. The highest BCUT2D eigenvalue weighted by atomic mass is 16.2. The van der Waals surface area contributed by atoms with Crippen molar-refractivity contribution in [3.05, 3.63) is 0 Å². The topological polar surface area (TPSA) is 66.6 Å². The highest BCUT2D eigenvalue weighted by Gasteiger charge is 2.34. The Kier molecular flexibility index (Phi) is 3.90. The highest BCUT2D eigenvalue weighted by molar-refractivity contribution is 5.87. The largest absolute Gasteiger partial charge is 0.342 e. The van der Waals surface area contributed by atoms with Gasteiger partial charge in [-0.25, -0.2) is 0 Å². The molecule has 2 N–H and O–H groups in total. The Hall–Kier alpha value is -1.10. The maximum Gasteiger partial charge on any atom is 0.241 e. The van der Waals surface area contributed by atoms with Crippen LogP contribution in [0.25, 0.3) is 0 Å². The van der Waals surface area contributed by atoms with Crippen molar-refractivity contribution in [2.45, 2.75) is 32.2 Å². The number of hydrogen-bond acceptors (Lipinski definition) is 3. The second-order valence-electron chi connectivity index (χ2n) is 5.73. The Labute approximate surface area is 108 Å². The Balaban J connectivity index is 1.93. The lowest BCUT2D eigenvalue weighted by Crippen LogP contribution is -2.53. The van der Waals surface area contributed by atoms with E-state index in [1.165, 1.54) is 0 Å². The summed E-state index contributed by atoms with van der Waals surface area (Å²) in [6, 6.07) is 0.121. The molecule has 3 unspecified atom stereocenters. The first-order valence-corrected chi connectivity index (χ1v) is 6.77. The van der Waals surface area contributed by atoms with Crippen molar-refractivity contribution in [1.29, 1.82) is 0 Å². The number of likely N-dealkylation sites (N-methyl/N-ethyl adjacent to an activating group) is 1. The van der Waals surface area contributed by atoms with Gasteiger partial charge in [0.15, 0.2) is 0 Å². The SMILES string of the molecule is CC1CCC(C(=O)N2CCN(C)C(=O)C2)CC1N. The summed E-state index contributed by atoms with van der Waals surface area (Å²) in [5, 5.41) is 0. The summed E-state index contributed by atoms with van der Waals surface area (Å²) in [5.41, 5.74) is 6.04. The van der Waals surface area contributed by atoms with E-state index in [1.807, 2.05) is 0 Å². The Morgan fingerprint density at radius 3 is 2.67 bits per heavy atom. The van der Waals surface area contributed by atoms with Crippen molar-refractivity contribution in [2.75, 3.05) is 26.7 Å². The summed E-state index contributed by atoms with van der Waals surface area (Å²) in [7, 11) is 1.78. The molecule has 5 nitrogen and oxygen atoms in total. The summed E-state index contributed by atoms with van der Waals surface area (Å²) >= 11 is 0. The first-order chi connectivity index (χ1) is 8.49. The van der Waals surface area contributed by atoms with E-state index < -0.39 is 0 Å². The standard InChI is InChI=1S/C13H23N3O2/c1-9-3-4-10(7-11(9)14)13(18)16-6-5-15(2)12(17)8-16/h9-11H,3-8,14H2,1-2H3. The van der Waals surface area contributed by atoms with Crippen LogP contribution in [0.2, 0.25) is 0 Å². The molecule has 2 amide bonds. The van der Waals surface area contributed by atoms with Gasteiger partial charge in [0.05, 0.1) is 6.54 Å². The predicted molar refractivity (Wildman–Crippen MR) is 68.7 cm³/mol. The van der Waals surface area contributed by atoms with Gasteiger partial charge in [0.1, 0.15) is 0 Å². The zero-order chi connectivity index (χ0) is 13.3. The number of piperazine rings is 1. The second-order valence-corrected chi connectivity index (χ2v) is 5.73. The number of nitrogens with zero attached hydrogens (tertiary/aromatic N) is 2. The van der Waals surface area contributed by atoms with Gasteiger partial charge in [-0.1, -0.05) is 6.92 Å². The van der Waals surface area contributed by atoms with Gasteiger partial charge in [0.25, 0.3) is 0 Å². The summed E-state index contributed by atoms with van der Waals surface area (Å²) < 4.78 is 0. The van der Waals surface area contributed by atoms with Gasteiger partial charge < -0.3 is 15.5 Å². The third-order valence-corrected chi connectivity index (χ3v) is 4.38. The van der Waals surface area contributed by atoms with Gasteiger partial charge in [0.2, 0.25) is 11.8 Å². The molecular weight excluding hydrogens is 230 g/mol. The molecule has 3 atom stereocenters. The van der Waals surface area contributed by atoms with Crippen LogP contribution in [0.4, 0.5) is 0 Å². The van der Waals surface area contributed by atoms with Crippen molar-refractivity contribution in [2.24, 2.45) is 17.6 Å². The minimum absolute atomic E-state index is 0.0207. The van der Waals surface area contributed by atoms with Crippen molar-refractivity contribution < 1.29 is 9.59 Å². The van der Waals surface area contributed by atoms with E-state index in [0.717, 1.165) is 19.3 Å². The molecule has 0 aromatic rings. The first kappa shape index (κ1) is 13.3. The van der Waals surface area contributed by atoms with Gasteiger partial charge in [-0.3, -0.25) is 9.59 Å². The number of amides is 2. The van der Waals surface area contributed by atoms with Gasteiger partial charge >= 0.3 is 0 Å². The molecule has 1 heterocycles. The average Bonchev–Trinajstić information content (AvgIpc) is 2.35. The minimum atomic E-state index is 0.0207. The molecule has 1 saturated heterocycles. The van der Waals surface area contributed by atoms with Crippen LogP contribution >= 0.6 is 0 Å². The van der Waals surface area contributed by atoms with Crippen molar-refractivity contribution in [1.82, 2.24) is 9.80 Å². The van der Waals surface area contributed by atoms with E-state index >= 15 is 0 Å². The number of hydrogen-bond donors (Lipinski definition) is 1. The molecule has 1 aliphatic heterocycles. The van der Waals surface area contributed by atoms with Crippen LogP contribution in [0.1, 0.15) is 26.2 Å². The van der Waals surface area contributed by atoms with Crippen molar-refractivity contribution >= 4 is 11.8 Å². The van der Waals surface area contributed by atoms with Crippen LogP contribution in [-0.2, 0) is 9.59 Å². The fourth-order valence-corrected chi connectivity index (χ4v) is 2.79. The van der Waals surface area contributed by atoms with E-state index in [2.05, 4.69) is 6.92 Å². The van der Waals surface area contributed by atoms with Gasteiger partial charge in [-0.2, -0.15) is 0 Å². The normalized spacial score (nSPS) is 33.7. The molecule has 5 heteroatoms. The zero-order valence-corrected chi connectivity index (χ0v) is 11.3. The quantitative estimate of drug-likeness (QED) is 0.718.